The van der Waals surface area contributed by atoms with Gasteiger partial charge >= 0.3 is 0 Å². The Morgan fingerprint density at radius 3 is 2.85 bits per heavy atom. The fourth-order valence-electron chi connectivity index (χ4n) is 4.00. The highest BCUT2D eigenvalue weighted by Gasteiger charge is 2.23. The summed E-state index contributed by atoms with van der Waals surface area (Å²) in [7, 11) is 0. The van der Waals surface area contributed by atoms with Crippen molar-refractivity contribution in [2.45, 2.75) is 39.5 Å². The zero-order chi connectivity index (χ0) is 23.5. The number of halogens is 2. The lowest BCUT2D eigenvalue weighted by molar-refractivity contribution is -0.123. The number of fused-ring (bicyclic) bond motifs is 1. The van der Waals surface area contributed by atoms with Crippen molar-refractivity contribution in [1.29, 1.82) is 5.26 Å². The zero-order valence-corrected chi connectivity index (χ0v) is 22.2. The number of hydrogen-bond donors (Lipinski definition) is 1. The number of nitrogens with zero attached hydrogens (tertiary/aromatic N) is 3. The number of aryl methyl sites for hydroxylation is 2. The summed E-state index contributed by atoms with van der Waals surface area (Å²) in [6, 6.07) is 9.92. The number of amides is 1. The molecule has 1 amide bonds. The summed E-state index contributed by atoms with van der Waals surface area (Å²) >= 11 is 8.51. The van der Waals surface area contributed by atoms with Crippen molar-refractivity contribution in [2.24, 2.45) is 5.10 Å². The highest BCUT2D eigenvalue weighted by Crippen LogP contribution is 2.38. The number of ether oxygens (including phenoxy) is 1. The minimum Gasteiger partial charge on any atom is -0.483 e. The molecule has 33 heavy (non-hydrogen) atoms. The van der Waals surface area contributed by atoms with Crippen molar-refractivity contribution in [3.8, 4) is 16.8 Å². The molecule has 3 aromatic rings. The van der Waals surface area contributed by atoms with Crippen LogP contribution in [0.4, 0.5) is 0 Å². The number of thiophene rings is 1. The Hall–Kier alpha value is -2.41. The maximum Gasteiger partial charge on any atom is 0.277 e. The molecule has 2 heterocycles. The van der Waals surface area contributed by atoms with Gasteiger partial charge in [-0.15, -0.1) is 11.3 Å². The predicted octanol–water partition coefficient (Wildman–Crippen LogP) is 5.96. The highest BCUT2D eigenvalue weighted by molar-refractivity contribution is 9.11. The van der Waals surface area contributed by atoms with E-state index in [1.165, 1.54) is 16.9 Å². The second-order valence-electron chi connectivity index (χ2n) is 7.82. The van der Waals surface area contributed by atoms with Gasteiger partial charge in [0.1, 0.15) is 16.8 Å². The van der Waals surface area contributed by atoms with Gasteiger partial charge in [0, 0.05) is 26.3 Å². The van der Waals surface area contributed by atoms with Gasteiger partial charge in [-0.3, -0.25) is 4.79 Å². The Balaban J connectivity index is 1.46. The molecular weight excluding hydrogens is 568 g/mol. The number of nitrogens with one attached hydrogen (secondary N) is 1. The third-order valence-electron chi connectivity index (χ3n) is 5.58. The van der Waals surface area contributed by atoms with Gasteiger partial charge in [0.25, 0.3) is 5.91 Å². The van der Waals surface area contributed by atoms with Crippen LogP contribution in [0.5, 0.6) is 5.75 Å². The van der Waals surface area contributed by atoms with E-state index in [2.05, 4.69) is 53.0 Å². The topological polar surface area (TPSA) is 79.4 Å². The Morgan fingerprint density at radius 1 is 1.30 bits per heavy atom. The largest absolute Gasteiger partial charge is 0.483 e. The van der Waals surface area contributed by atoms with E-state index in [0.717, 1.165) is 55.7 Å². The average Bonchev–Trinajstić information content (AvgIpc) is 3.28. The summed E-state index contributed by atoms with van der Waals surface area (Å²) in [5.41, 5.74) is 7.42. The zero-order valence-electron chi connectivity index (χ0n) is 18.2. The van der Waals surface area contributed by atoms with Crippen molar-refractivity contribution >= 4 is 55.3 Å². The molecular formula is C24H22Br2N4O2S. The minimum absolute atomic E-state index is 0.150. The number of benzene rings is 1. The van der Waals surface area contributed by atoms with Crippen LogP contribution in [0.3, 0.4) is 0 Å². The Morgan fingerprint density at radius 2 is 2.09 bits per heavy atom. The second kappa shape index (κ2) is 10.2. The molecule has 0 radical (unpaired) electrons. The van der Waals surface area contributed by atoms with E-state index in [9.17, 15) is 10.1 Å². The molecule has 0 spiro atoms. The normalized spacial score (nSPS) is 13.1. The molecule has 0 saturated heterocycles. The summed E-state index contributed by atoms with van der Waals surface area (Å²) in [5.74, 6) is 0.223. The maximum absolute atomic E-state index is 12.1. The first-order chi connectivity index (χ1) is 15.9. The van der Waals surface area contributed by atoms with E-state index in [4.69, 9.17) is 4.74 Å². The van der Waals surface area contributed by atoms with Crippen LogP contribution < -0.4 is 10.2 Å². The Kier molecular flexibility index (Phi) is 7.37. The monoisotopic (exact) mass is 588 g/mol. The number of rotatable bonds is 6. The molecule has 2 aromatic heterocycles. The van der Waals surface area contributed by atoms with Gasteiger partial charge in [0.15, 0.2) is 6.61 Å². The molecule has 9 heteroatoms. The number of nitriles is 1. The molecule has 0 unspecified atom stereocenters. The van der Waals surface area contributed by atoms with Crippen molar-refractivity contribution in [1.82, 2.24) is 9.99 Å². The van der Waals surface area contributed by atoms with E-state index in [1.807, 2.05) is 32.0 Å². The molecule has 1 aromatic carbocycles. The quantitative estimate of drug-likeness (QED) is 0.284. The maximum atomic E-state index is 12.1. The molecule has 1 aliphatic rings. The fraction of sp³-hybridized carbons (Fsp3) is 0.292. The van der Waals surface area contributed by atoms with Crippen molar-refractivity contribution in [2.75, 3.05) is 6.61 Å². The summed E-state index contributed by atoms with van der Waals surface area (Å²) in [6.45, 7) is 3.87. The molecule has 0 atom stereocenters. The number of hydrazone groups is 1. The fourth-order valence-corrected chi connectivity index (χ4v) is 6.61. The first kappa shape index (κ1) is 23.7. The predicted molar refractivity (Wildman–Crippen MR) is 138 cm³/mol. The van der Waals surface area contributed by atoms with E-state index < -0.39 is 0 Å². The van der Waals surface area contributed by atoms with Crippen LogP contribution in [0.1, 0.15) is 45.8 Å². The second-order valence-corrected chi connectivity index (χ2v) is 10.7. The lowest BCUT2D eigenvalue weighted by Gasteiger charge is -2.10. The van der Waals surface area contributed by atoms with Crippen LogP contribution in [0.25, 0.3) is 5.00 Å². The molecule has 6 nitrogen and oxygen atoms in total. The summed E-state index contributed by atoms with van der Waals surface area (Å²) in [5, 5.41) is 14.9. The Labute approximate surface area is 213 Å². The van der Waals surface area contributed by atoms with E-state index >= 15 is 0 Å². The van der Waals surface area contributed by atoms with Gasteiger partial charge in [-0.1, -0.05) is 15.9 Å². The Bertz CT molecular complexity index is 1290. The molecule has 4 rings (SSSR count). The van der Waals surface area contributed by atoms with Crippen LogP contribution in [0.15, 0.2) is 38.3 Å². The first-order valence-electron chi connectivity index (χ1n) is 10.5. The number of carbonyl (C=O) groups is 1. The average molecular weight is 590 g/mol. The van der Waals surface area contributed by atoms with Gasteiger partial charge in [-0.2, -0.15) is 10.4 Å². The first-order valence-corrected chi connectivity index (χ1v) is 12.9. The van der Waals surface area contributed by atoms with Gasteiger partial charge in [-0.05, 0) is 85.3 Å². The lowest BCUT2D eigenvalue weighted by atomic mass is 9.96. The lowest BCUT2D eigenvalue weighted by Crippen LogP contribution is -2.24. The van der Waals surface area contributed by atoms with E-state index in [0.29, 0.717) is 5.75 Å². The van der Waals surface area contributed by atoms with Crippen LogP contribution in [-0.2, 0) is 17.6 Å². The molecule has 0 bridgehead atoms. The minimum atomic E-state index is -0.354. The van der Waals surface area contributed by atoms with Crippen molar-refractivity contribution < 1.29 is 9.53 Å². The molecule has 0 fully saturated rings. The number of aromatic nitrogens is 1. The number of hydrogen-bond acceptors (Lipinski definition) is 5. The summed E-state index contributed by atoms with van der Waals surface area (Å²) < 4.78 is 9.34. The van der Waals surface area contributed by atoms with E-state index in [-0.39, 0.29) is 12.5 Å². The third-order valence-corrected chi connectivity index (χ3v) is 7.97. The van der Waals surface area contributed by atoms with Crippen molar-refractivity contribution in [3.63, 3.8) is 0 Å². The standard InChI is InChI=1S/C24H22Br2N4O2S/c1-14-9-16(12-28-29-23(31)13-32-21-8-7-17(25)10-20(21)26)15(2)30(14)24-19(11-27)18-5-3-4-6-22(18)33-24/h7-10,12H,3-6,13H2,1-2H3,(H,29,31)/b28-12-. The molecule has 0 aliphatic heterocycles. The van der Waals surface area contributed by atoms with Gasteiger partial charge < -0.3 is 9.30 Å². The SMILES string of the molecule is Cc1cc(/C=N\NC(=O)COc2ccc(Br)cc2Br)c(C)n1-c1sc2c(c1C#N)CCCC2. The summed E-state index contributed by atoms with van der Waals surface area (Å²) in [6.07, 6.45) is 5.98. The molecule has 0 saturated carbocycles. The van der Waals surface area contributed by atoms with Gasteiger partial charge in [0.05, 0.1) is 16.3 Å². The van der Waals surface area contributed by atoms with Gasteiger partial charge in [-0.25, -0.2) is 5.43 Å². The molecule has 1 N–H and O–H groups in total. The third kappa shape index (κ3) is 5.08. The summed E-state index contributed by atoms with van der Waals surface area (Å²) in [4.78, 5) is 13.5. The van der Waals surface area contributed by atoms with Crippen LogP contribution in [0.2, 0.25) is 0 Å². The number of carbonyl (C=O) groups excluding carboxylic acids is 1. The van der Waals surface area contributed by atoms with Crippen LogP contribution in [0, 0.1) is 25.2 Å². The van der Waals surface area contributed by atoms with Crippen molar-refractivity contribution in [3.05, 3.63) is 66.2 Å². The van der Waals surface area contributed by atoms with Crippen LogP contribution >= 0.6 is 43.2 Å². The highest BCUT2D eigenvalue weighted by atomic mass is 79.9. The van der Waals surface area contributed by atoms with Gasteiger partial charge in [0.2, 0.25) is 0 Å². The molecule has 1 aliphatic carbocycles. The molecule has 170 valence electrons. The van der Waals surface area contributed by atoms with E-state index in [1.54, 1.807) is 23.6 Å². The van der Waals surface area contributed by atoms with Crippen LogP contribution in [-0.4, -0.2) is 23.3 Å². The smallest absolute Gasteiger partial charge is 0.277 e.